The molecule has 0 radical (unpaired) electrons. The fraction of sp³-hybridized carbons (Fsp3) is 0.688. The largest absolute Gasteiger partial charge is 0.459 e. The minimum Gasteiger partial charge on any atom is -0.459 e. The van der Waals surface area contributed by atoms with E-state index in [0.29, 0.717) is 55.2 Å². The number of hydrogen-bond acceptors (Lipinski definition) is 12. The second kappa shape index (κ2) is 16.7. The van der Waals surface area contributed by atoms with Crippen molar-refractivity contribution < 1.29 is 44.2 Å². The van der Waals surface area contributed by atoms with Gasteiger partial charge in [0, 0.05) is 71.8 Å². The Bertz CT molecular complexity index is 1910. The molecule has 334 valence electrons. The Labute approximate surface area is 358 Å². The van der Waals surface area contributed by atoms with Crippen molar-refractivity contribution in [2.45, 2.75) is 194 Å². The zero-order valence-corrected chi connectivity index (χ0v) is 38.9. The summed E-state index contributed by atoms with van der Waals surface area (Å²) in [5, 5.41) is 37.7. The zero-order valence-electron chi connectivity index (χ0n) is 38.9. The van der Waals surface area contributed by atoms with Crippen molar-refractivity contribution in [2.75, 3.05) is 0 Å². The van der Waals surface area contributed by atoms with Gasteiger partial charge in [0.25, 0.3) is 0 Å². The molecule has 3 N–H and O–H groups in total. The van der Waals surface area contributed by atoms with Gasteiger partial charge in [0.05, 0.1) is 16.7 Å². The number of benzene rings is 2. The van der Waals surface area contributed by atoms with E-state index in [0.717, 1.165) is 0 Å². The van der Waals surface area contributed by atoms with Gasteiger partial charge in [-0.2, -0.15) is 15.2 Å². The van der Waals surface area contributed by atoms with Gasteiger partial charge in [-0.3, -0.25) is 0 Å². The fourth-order valence-corrected chi connectivity index (χ4v) is 10.1. The first-order valence-corrected chi connectivity index (χ1v) is 21.8. The van der Waals surface area contributed by atoms with Gasteiger partial charge in [0.2, 0.25) is 0 Å². The fourth-order valence-electron chi connectivity index (χ4n) is 10.1. The molecule has 0 spiro atoms. The van der Waals surface area contributed by atoms with Gasteiger partial charge in [0.15, 0.2) is 0 Å². The highest BCUT2D eigenvalue weighted by Gasteiger charge is 2.53. The maximum Gasteiger partial charge on any atom is 0.339 e. The van der Waals surface area contributed by atoms with Crippen LogP contribution in [-0.4, -0.2) is 100 Å². The van der Waals surface area contributed by atoms with Crippen LogP contribution in [0.5, 0.6) is 0 Å². The van der Waals surface area contributed by atoms with Crippen LogP contribution < -0.4 is 0 Å². The zero-order chi connectivity index (χ0) is 45.1. The van der Waals surface area contributed by atoms with E-state index >= 15 is 0 Å². The Balaban J connectivity index is 1.44. The Morgan fingerprint density at radius 1 is 0.483 bits per heavy atom. The third-order valence-electron chi connectivity index (χ3n) is 14.7. The smallest absolute Gasteiger partial charge is 0.339 e. The van der Waals surface area contributed by atoms with Gasteiger partial charge in [-0.1, -0.05) is 59.7 Å². The van der Waals surface area contributed by atoms with Crippen LogP contribution >= 0.6 is 0 Å². The number of carbonyl (C=O) groups is 3. The predicted molar refractivity (Wildman–Crippen MR) is 230 cm³/mol. The lowest BCUT2D eigenvalue weighted by Crippen LogP contribution is -2.64. The Kier molecular flexibility index (Phi) is 13.3. The van der Waals surface area contributed by atoms with Crippen LogP contribution in [0.3, 0.4) is 0 Å². The molecule has 0 aromatic heterocycles. The van der Waals surface area contributed by atoms with Crippen LogP contribution in [0, 0.1) is 17.8 Å². The van der Waals surface area contributed by atoms with Gasteiger partial charge in [0.1, 0.15) is 18.3 Å². The first kappa shape index (κ1) is 47.7. The molecule has 12 nitrogen and oxygen atoms in total. The normalized spacial score (nSPS) is 31.0. The van der Waals surface area contributed by atoms with E-state index < -0.39 is 63.3 Å². The maximum absolute atomic E-state index is 14.4. The average Bonchev–Trinajstić information content (AvgIpc) is 3.14. The molecule has 3 aliphatic rings. The molecule has 2 aromatic carbocycles. The van der Waals surface area contributed by atoms with Gasteiger partial charge < -0.3 is 29.8 Å². The SMILES string of the molecule is CC(C)C1(C)CC(OC(=O)c2ccc(-c3ccc(C(=O)OC4CC(C)(C)N(O)C(C)(C(C)C)C4)c(C(=O)OC4CC(C)(C)N(O)C(C)(C(C)C)C4)c3)cc2)CC(C)(C)N1O. The number of hydroxylamine groups is 6. The van der Waals surface area contributed by atoms with E-state index in [9.17, 15) is 30.0 Å². The summed E-state index contributed by atoms with van der Waals surface area (Å²) in [6, 6.07) is 11.9. The summed E-state index contributed by atoms with van der Waals surface area (Å²) in [5.41, 5.74) is -2.04. The lowest BCUT2D eigenvalue weighted by molar-refractivity contribution is -0.273. The molecule has 6 atom stereocenters. The molecule has 3 heterocycles. The number of nitrogens with zero attached hydrogens (tertiary/aromatic N) is 3. The molecule has 12 heteroatoms. The van der Waals surface area contributed by atoms with Crippen LogP contribution in [0.25, 0.3) is 11.1 Å². The van der Waals surface area contributed by atoms with Crippen LogP contribution in [0.1, 0.15) is 173 Å². The average molecular weight is 836 g/mol. The molecule has 3 fully saturated rings. The van der Waals surface area contributed by atoms with Gasteiger partial charge in [-0.25, -0.2) is 14.4 Å². The van der Waals surface area contributed by atoms with Crippen LogP contribution in [0.2, 0.25) is 0 Å². The molecular formula is C48H73N3O9. The predicted octanol–water partition coefficient (Wildman–Crippen LogP) is 9.96. The minimum atomic E-state index is -0.688. The Hall–Kier alpha value is -3.39. The highest BCUT2D eigenvalue weighted by Crippen LogP contribution is 2.45. The second-order valence-corrected chi connectivity index (χ2v) is 21.6. The molecule has 0 saturated carbocycles. The third kappa shape index (κ3) is 9.06. The third-order valence-corrected chi connectivity index (χ3v) is 14.7. The first-order valence-electron chi connectivity index (χ1n) is 21.8. The van der Waals surface area contributed by atoms with E-state index in [-0.39, 0.29) is 35.0 Å². The highest BCUT2D eigenvalue weighted by atomic mass is 16.6. The van der Waals surface area contributed by atoms with E-state index in [1.54, 1.807) is 42.5 Å². The molecule has 3 saturated heterocycles. The van der Waals surface area contributed by atoms with Crippen molar-refractivity contribution in [3.05, 3.63) is 59.2 Å². The first-order chi connectivity index (χ1) is 27.5. The topological polar surface area (TPSA) is 149 Å². The van der Waals surface area contributed by atoms with Crippen molar-refractivity contribution in [1.82, 2.24) is 15.2 Å². The van der Waals surface area contributed by atoms with Crippen molar-refractivity contribution >= 4 is 17.9 Å². The number of carbonyl (C=O) groups excluding carboxylic acids is 3. The molecule has 0 amide bonds. The van der Waals surface area contributed by atoms with Gasteiger partial charge in [-0.05, 0) is 115 Å². The summed E-state index contributed by atoms with van der Waals surface area (Å²) < 4.78 is 18.5. The number of esters is 3. The summed E-state index contributed by atoms with van der Waals surface area (Å²) in [5.74, 6) is -1.58. The van der Waals surface area contributed by atoms with Crippen molar-refractivity contribution in [3.8, 4) is 11.1 Å². The van der Waals surface area contributed by atoms with E-state index in [4.69, 9.17) is 14.2 Å². The maximum atomic E-state index is 14.4. The van der Waals surface area contributed by atoms with Crippen molar-refractivity contribution in [2.24, 2.45) is 17.8 Å². The van der Waals surface area contributed by atoms with E-state index in [1.807, 2.05) is 90.0 Å². The van der Waals surface area contributed by atoms with E-state index in [2.05, 4.69) is 13.8 Å². The Morgan fingerprint density at radius 2 is 0.800 bits per heavy atom. The summed E-state index contributed by atoms with van der Waals surface area (Å²) >= 11 is 0. The van der Waals surface area contributed by atoms with E-state index in [1.165, 1.54) is 15.2 Å². The van der Waals surface area contributed by atoms with Gasteiger partial charge in [-0.15, -0.1) is 0 Å². The number of rotatable bonds is 10. The molecule has 2 aromatic rings. The summed E-state index contributed by atoms with van der Waals surface area (Å²) in [6.45, 7) is 29.7. The molecule has 3 aliphatic heterocycles. The molecule has 0 bridgehead atoms. The lowest BCUT2D eigenvalue weighted by atomic mass is 9.73. The quantitative estimate of drug-likeness (QED) is 0.154. The van der Waals surface area contributed by atoms with Crippen molar-refractivity contribution in [1.29, 1.82) is 0 Å². The molecule has 6 unspecified atom stereocenters. The highest BCUT2D eigenvalue weighted by molar-refractivity contribution is 6.04. The van der Waals surface area contributed by atoms with Crippen LogP contribution in [0.4, 0.5) is 0 Å². The van der Waals surface area contributed by atoms with Gasteiger partial charge >= 0.3 is 17.9 Å². The van der Waals surface area contributed by atoms with Crippen molar-refractivity contribution in [3.63, 3.8) is 0 Å². The standard InChI is InChI=1S/C48H73N3O9/c1-29(2)46(13)26-35(23-43(7,8)49(46)55)58-40(52)33-18-16-32(17-19-33)34-20-21-38(41(53)59-36-24-44(9,10)50(56)47(14,27-36)30(3)4)39(22-34)42(54)60-37-25-45(11,12)51(57)48(15,28-37)31(5)6/h16-22,29-31,35-37,55-57H,23-28H2,1-15H3. The summed E-state index contributed by atoms with van der Waals surface area (Å²) in [6.07, 6.45) is 1.07. The molecule has 60 heavy (non-hydrogen) atoms. The second-order valence-electron chi connectivity index (χ2n) is 21.6. The summed E-state index contributed by atoms with van der Waals surface area (Å²) in [4.78, 5) is 42.1. The Morgan fingerprint density at radius 3 is 1.15 bits per heavy atom. The number of piperidine rings is 3. The summed E-state index contributed by atoms with van der Waals surface area (Å²) in [7, 11) is 0. The monoisotopic (exact) mass is 836 g/mol. The number of ether oxygens (including phenoxy) is 3. The number of hydrogen-bond donors (Lipinski definition) is 3. The molecular weight excluding hydrogens is 763 g/mol. The minimum absolute atomic E-state index is 0.0455. The molecule has 5 rings (SSSR count). The van der Waals surface area contributed by atoms with Crippen LogP contribution in [0.15, 0.2) is 42.5 Å². The van der Waals surface area contributed by atoms with Crippen LogP contribution in [-0.2, 0) is 14.2 Å². The lowest BCUT2D eigenvalue weighted by Gasteiger charge is -2.54. The molecule has 0 aliphatic carbocycles.